The van der Waals surface area contributed by atoms with Gasteiger partial charge in [0.25, 0.3) is 0 Å². The second-order valence-corrected chi connectivity index (χ2v) is 1.94. The van der Waals surface area contributed by atoms with E-state index in [1.165, 1.54) is 6.92 Å². The highest BCUT2D eigenvalue weighted by Crippen LogP contribution is 1.99. The summed E-state index contributed by atoms with van der Waals surface area (Å²) in [6, 6.07) is 0. The molecule has 0 fully saturated rings. The van der Waals surface area contributed by atoms with Gasteiger partial charge in [-0.05, 0) is 18.9 Å². The summed E-state index contributed by atoms with van der Waals surface area (Å²) in [5, 5.41) is 18.5. The number of carbonyl (C=O) groups excluding carboxylic acids is 1. The van der Waals surface area contributed by atoms with E-state index < -0.39 is 12.1 Å². The summed E-state index contributed by atoms with van der Waals surface area (Å²) in [4.78, 5) is 9.91. The summed E-state index contributed by atoms with van der Waals surface area (Å²) < 4.78 is 0. The second-order valence-electron chi connectivity index (χ2n) is 1.94. The van der Waals surface area contributed by atoms with Gasteiger partial charge >= 0.3 is 0 Å². The first kappa shape index (κ1) is 8.17. The van der Waals surface area contributed by atoms with Crippen LogP contribution in [0.4, 0.5) is 0 Å². The Balaban J connectivity index is 3.65. The number of aliphatic carboxylic acids is 1. The first-order valence-corrected chi connectivity index (χ1v) is 2.61. The number of hydrogen-bond donors (Lipinski definition) is 1. The average Bonchev–Trinajstić information content (AvgIpc) is 1.63. The van der Waals surface area contributed by atoms with Crippen molar-refractivity contribution in [2.45, 2.75) is 19.4 Å². The normalized spacial score (nSPS) is 12.7. The van der Waals surface area contributed by atoms with Crippen LogP contribution in [0.5, 0.6) is 0 Å². The molecule has 0 aromatic carbocycles. The molecule has 0 aromatic rings. The molecule has 0 rings (SSSR count). The Morgan fingerprint density at radius 2 is 2.33 bits per heavy atom. The standard InChI is InChI=1S/C6H10O3/c1-4(6(8)9)3-5(2)7/h5,7H,1,3H2,2H3,(H,8,9)/p-1. The second kappa shape index (κ2) is 3.25. The van der Waals surface area contributed by atoms with Crippen LogP contribution in [0.1, 0.15) is 13.3 Å². The lowest BCUT2D eigenvalue weighted by Gasteiger charge is -2.07. The number of hydrogen-bond acceptors (Lipinski definition) is 3. The van der Waals surface area contributed by atoms with E-state index in [2.05, 4.69) is 6.58 Å². The van der Waals surface area contributed by atoms with Crippen molar-refractivity contribution >= 4 is 5.97 Å². The summed E-state index contributed by atoms with van der Waals surface area (Å²) in [6.45, 7) is 4.67. The van der Waals surface area contributed by atoms with E-state index in [1.807, 2.05) is 0 Å². The molecular weight excluding hydrogens is 120 g/mol. The number of carboxylic acids is 1. The van der Waals surface area contributed by atoms with Gasteiger partial charge in [-0.15, -0.1) is 0 Å². The Morgan fingerprint density at radius 1 is 1.89 bits per heavy atom. The fourth-order valence-electron chi connectivity index (χ4n) is 0.440. The van der Waals surface area contributed by atoms with Gasteiger partial charge in [0.2, 0.25) is 0 Å². The summed E-state index contributed by atoms with van der Waals surface area (Å²) in [6.07, 6.45) is -0.585. The average molecular weight is 129 g/mol. The first-order chi connectivity index (χ1) is 4.04. The number of carbonyl (C=O) groups is 1. The molecule has 0 saturated carbocycles. The van der Waals surface area contributed by atoms with Crippen LogP contribution in [0.25, 0.3) is 0 Å². The van der Waals surface area contributed by atoms with Gasteiger partial charge in [0, 0.05) is 0 Å². The minimum absolute atomic E-state index is 0.0648. The SMILES string of the molecule is C=C(CC(C)O)C(=O)[O-]. The third-order valence-electron chi connectivity index (χ3n) is 0.830. The summed E-state index contributed by atoms with van der Waals surface area (Å²) in [5.74, 6) is -1.30. The smallest absolute Gasteiger partial charge is 0.0669 e. The minimum atomic E-state index is -1.30. The molecule has 0 aliphatic rings. The lowest BCUT2D eigenvalue weighted by Crippen LogP contribution is -2.25. The molecule has 0 radical (unpaired) electrons. The van der Waals surface area contributed by atoms with Gasteiger partial charge in [0.1, 0.15) is 0 Å². The van der Waals surface area contributed by atoms with Crippen LogP contribution in [0.3, 0.4) is 0 Å². The molecule has 0 spiro atoms. The van der Waals surface area contributed by atoms with Crippen molar-refractivity contribution in [3.8, 4) is 0 Å². The number of aliphatic hydroxyl groups excluding tert-OH is 1. The van der Waals surface area contributed by atoms with E-state index in [0.717, 1.165) is 0 Å². The molecule has 0 saturated heterocycles. The highest BCUT2D eigenvalue weighted by atomic mass is 16.4. The van der Waals surface area contributed by atoms with E-state index in [-0.39, 0.29) is 12.0 Å². The van der Waals surface area contributed by atoms with Crippen LogP contribution >= 0.6 is 0 Å². The van der Waals surface area contributed by atoms with Gasteiger partial charge in [-0.25, -0.2) is 0 Å². The van der Waals surface area contributed by atoms with Crippen molar-refractivity contribution in [3.05, 3.63) is 12.2 Å². The van der Waals surface area contributed by atoms with Gasteiger partial charge in [-0.1, -0.05) is 6.58 Å². The fraction of sp³-hybridized carbons (Fsp3) is 0.500. The topological polar surface area (TPSA) is 60.4 Å². The highest BCUT2D eigenvalue weighted by molar-refractivity contribution is 5.83. The zero-order valence-corrected chi connectivity index (χ0v) is 5.26. The van der Waals surface area contributed by atoms with Crippen LogP contribution < -0.4 is 5.11 Å². The van der Waals surface area contributed by atoms with E-state index in [1.54, 1.807) is 0 Å². The van der Waals surface area contributed by atoms with Crippen molar-refractivity contribution in [2.24, 2.45) is 0 Å². The predicted octanol–water partition coefficient (Wildman–Crippen LogP) is -0.937. The molecule has 52 valence electrons. The monoisotopic (exact) mass is 129 g/mol. The van der Waals surface area contributed by atoms with Gasteiger partial charge in [-0.2, -0.15) is 0 Å². The molecule has 1 atom stereocenters. The molecule has 1 N–H and O–H groups in total. The van der Waals surface area contributed by atoms with Gasteiger partial charge < -0.3 is 15.0 Å². The maximum absolute atomic E-state index is 9.91. The first-order valence-electron chi connectivity index (χ1n) is 2.61. The minimum Gasteiger partial charge on any atom is -0.545 e. The zero-order valence-electron chi connectivity index (χ0n) is 5.26. The molecule has 3 nitrogen and oxygen atoms in total. The molecule has 3 heteroatoms. The fourth-order valence-corrected chi connectivity index (χ4v) is 0.440. The van der Waals surface area contributed by atoms with Gasteiger partial charge in [-0.3, -0.25) is 0 Å². The van der Waals surface area contributed by atoms with Crippen molar-refractivity contribution in [2.75, 3.05) is 0 Å². The zero-order chi connectivity index (χ0) is 7.44. The van der Waals surface area contributed by atoms with Crippen molar-refractivity contribution in [3.63, 3.8) is 0 Å². The predicted molar refractivity (Wildman–Crippen MR) is 30.4 cm³/mol. The molecule has 0 aromatic heterocycles. The Labute approximate surface area is 53.6 Å². The largest absolute Gasteiger partial charge is 0.545 e. The number of aliphatic hydroxyl groups is 1. The van der Waals surface area contributed by atoms with E-state index in [4.69, 9.17) is 5.11 Å². The Kier molecular flexibility index (Phi) is 2.95. The van der Waals surface area contributed by atoms with E-state index in [9.17, 15) is 9.90 Å². The number of rotatable bonds is 3. The van der Waals surface area contributed by atoms with Gasteiger partial charge in [0.15, 0.2) is 0 Å². The van der Waals surface area contributed by atoms with Crippen LogP contribution in [0.15, 0.2) is 12.2 Å². The van der Waals surface area contributed by atoms with E-state index >= 15 is 0 Å². The molecule has 0 bridgehead atoms. The highest BCUT2D eigenvalue weighted by Gasteiger charge is 1.98. The van der Waals surface area contributed by atoms with E-state index in [0.29, 0.717) is 0 Å². The molecule has 0 amide bonds. The Bertz CT molecular complexity index is 126. The summed E-state index contributed by atoms with van der Waals surface area (Å²) in [5.41, 5.74) is -0.0648. The van der Waals surface area contributed by atoms with Crippen LogP contribution in [-0.4, -0.2) is 17.2 Å². The van der Waals surface area contributed by atoms with Crippen molar-refractivity contribution in [1.29, 1.82) is 0 Å². The van der Waals surface area contributed by atoms with Crippen molar-refractivity contribution < 1.29 is 15.0 Å². The van der Waals surface area contributed by atoms with Crippen molar-refractivity contribution in [1.82, 2.24) is 0 Å². The van der Waals surface area contributed by atoms with Crippen LogP contribution in [-0.2, 0) is 4.79 Å². The Morgan fingerprint density at radius 3 is 2.44 bits per heavy atom. The lowest BCUT2D eigenvalue weighted by molar-refractivity contribution is -0.299. The maximum Gasteiger partial charge on any atom is 0.0669 e. The molecule has 9 heavy (non-hydrogen) atoms. The Hall–Kier alpha value is -0.830. The number of carboxylic acid groups (broad SMARTS) is 1. The lowest BCUT2D eigenvalue weighted by atomic mass is 10.1. The van der Waals surface area contributed by atoms with Gasteiger partial charge in [0.05, 0.1) is 12.1 Å². The summed E-state index contributed by atoms with van der Waals surface area (Å²) >= 11 is 0. The van der Waals surface area contributed by atoms with Crippen LogP contribution in [0.2, 0.25) is 0 Å². The molecule has 0 aliphatic carbocycles. The molecule has 1 unspecified atom stereocenters. The molecular formula is C6H9O3-. The van der Waals surface area contributed by atoms with Crippen LogP contribution in [0, 0.1) is 0 Å². The summed E-state index contributed by atoms with van der Waals surface area (Å²) in [7, 11) is 0. The maximum atomic E-state index is 9.91. The molecule has 0 aliphatic heterocycles. The molecule has 0 heterocycles. The quantitative estimate of drug-likeness (QED) is 0.500. The third kappa shape index (κ3) is 3.73. The third-order valence-corrected chi connectivity index (χ3v) is 0.830.